The summed E-state index contributed by atoms with van der Waals surface area (Å²) in [5, 5.41) is 6.33. The second-order valence-electron chi connectivity index (χ2n) is 24.7. The number of aromatic nitrogens is 6. The number of fused-ring (bicyclic) bond motifs is 16. The first kappa shape index (κ1) is 49.0. The van der Waals surface area contributed by atoms with Gasteiger partial charge in [-0.25, -0.2) is 4.98 Å². The van der Waals surface area contributed by atoms with Crippen molar-refractivity contribution in [2.45, 2.75) is 39.9 Å². The number of pyridine rings is 1. The van der Waals surface area contributed by atoms with Gasteiger partial charge in [-0.1, -0.05) is 184 Å². The van der Waals surface area contributed by atoms with Crippen LogP contribution in [0.3, 0.4) is 0 Å². The first-order chi connectivity index (χ1) is 47.0. The number of imidazole rings is 1. The molecule has 0 spiro atoms. The average Bonchev–Trinajstić information content (AvgIpc) is 1.54. The molecule has 6 heterocycles. The number of nitrogens with zero attached hydrogens (tertiary/aromatic N) is 6. The number of aryl methyl sites for hydroxylation is 2. The number of benzene rings is 12. The molecular formula is C84H58N6OPt-2. The summed E-state index contributed by atoms with van der Waals surface area (Å²) in [6.07, 6.45) is 5.91. The maximum absolute atomic E-state index is 9.06. The Morgan fingerprint density at radius 1 is 0.446 bits per heavy atom. The Balaban J connectivity index is 0.00000722. The Labute approximate surface area is 555 Å². The van der Waals surface area contributed by atoms with Crippen molar-refractivity contribution in [3.8, 4) is 84.6 Å². The fourth-order valence-electron chi connectivity index (χ4n) is 14.3. The molecule has 1 aliphatic heterocycles. The maximum atomic E-state index is 9.06. The van der Waals surface area contributed by atoms with E-state index in [0.29, 0.717) is 39.7 Å². The molecule has 8 heteroatoms. The van der Waals surface area contributed by atoms with E-state index in [2.05, 4.69) is 232 Å². The van der Waals surface area contributed by atoms with Crippen LogP contribution in [0.1, 0.15) is 45.7 Å². The predicted octanol–water partition coefficient (Wildman–Crippen LogP) is 20.7. The van der Waals surface area contributed by atoms with Crippen LogP contribution in [0.5, 0.6) is 11.5 Å². The molecular weight excluding hydrogens is 1300 g/mol. The smallest absolute Gasteiger partial charge is 0.268 e. The minimum atomic E-state index is -2.70. The van der Waals surface area contributed by atoms with E-state index < -0.39 is 13.7 Å². The summed E-state index contributed by atoms with van der Waals surface area (Å²) in [5.74, 6) is 1.72. The van der Waals surface area contributed by atoms with Crippen molar-refractivity contribution < 1.29 is 38.6 Å². The van der Waals surface area contributed by atoms with Gasteiger partial charge in [0.2, 0.25) is 0 Å². The molecule has 17 aromatic rings. The van der Waals surface area contributed by atoms with Crippen molar-refractivity contribution in [1.29, 1.82) is 0 Å². The van der Waals surface area contributed by atoms with Gasteiger partial charge in [0.05, 0.1) is 44.5 Å². The monoisotopic (exact) mass is 1370 g/mol. The number of para-hydroxylation sites is 5. The van der Waals surface area contributed by atoms with Gasteiger partial charge in [0, 0.05) is 79.7 Å². The predicted molar refractivity (Wildman–Crippen MR) is 372 cm³/mol. The molecule has 18 rings (SSSR count). The van der Waals surface area contributed by atoms with Crippen LogP contribution < -0.4 is 9.30 Å². The molecule has 5 aromatic heterocycles. The van der Waals surface area contributed by atoms with Crippen LogP contribution in [-0.2, 0) is 26.5 Å². The summed E-state index contributed by atoms with van der Waals surface area (Å²) in [4.78, 5) is 4.94. The Hall–Kier alpha value is -10.9. The summed E-state index contributed by atoms with van der Waals surface area (Å²) in [7, 11) is 0. The van der Waals surface area contributed by atoms with Crippen molar-refractivity contribution in [3.63, 3.8) is 0 Å². The van der Waals surface area contributed by atoms with Crippen LogP contribution in [-0.4, -0.2) is 23.3 Å². The zero-order valence-electron chi connectivity index (χ0n) is 56.2. The van der Waals surface area contributed by atoms with Crippen molar-refractivity contribution in [2.75, 3.05) is 0 Å². The van der Waals surface area contributed by atoms with Crippen molar-refractivity contribution in [3.05, 3.63) is 296 Å². The molecule has 1 aliphatic rings. The second kappa shape index (κ2) is 21.1. The molecule has 0 N–H and O–H groups in total. The Morgan fingerprint density at radius 3 is 1.57 bits per heavy atom. The summed E-state index contributed by atoms with van der Waals surface area (Å²) in [5.41, 5.74) is 16.9. The van der Waals surface area contributed by atoms with Gasteiger partial charge in [0.1, 0.15) is 5.82 Å². The molecule has 7 nitrogen and oxygen atoms in total. The SMILES string of the molecule is [2H]C([2H])([2H])c1cccc(C([2H])([2H])[2H])c1-c1cc2c(c(-n3c4ccccc4c4ccccc43)c1)-[n+]1[c-]n(-c3[c-]c(Oc4[c-]c5c(cc4)c4ccccc4n5-c4cc(C(C)(C)C)ccn4)ccc3)c3cc(-n4c5ccccc5c5ccccc54)cc(c31)-c1ccccc1-c1ccccc1-2.[Pt]. The van der Waals surface area contributed by atoms with Crippen LogP contribution in [0, 0.1) is 32.2 Å². The van der Waals surface area contributed by atoms with E-state index in [4.69, 9.17) is 17.9 Å². The number of hydrogen-bond acceptors (Lipinski definition) is 2. The average molecular weight is 1370 g/mol. The topological polar surface area (TPSA) is 45.7 Å². The van der Waals surface area contributed by atoms with Crippen LogP contribution >= 0.6 is 0 Å². The number of ether oxygens (including phenoxy) is 1. The number of rotatable bonds is 7. The Morgan fingerprint density at radius 2 is 0.967 bits per heavy atom. The van der Waals surface area contributed by atoms with Gasteiger partial charge >= 0.3 is 0 Å². The first-order valence-corrected chi connectivity index (χ1v) is 30.7. The van der Waals surface area contributed by atoms with E-state index in [1.54, 1.807) is 6.07 Å². The van der Waals surface area contributed by atoms with E-state index in [1.807, 2.05) is 72.9 Å². The van der Waals surface area contributed by atoms with E-state index >= 15 is 0 Å². The molecule has 0 radical (unpaired) electrons. The third-order valence-corrected chi connectivity index (χ3v) is 18.4. The van der Waals surface area contributed by atoms with Crippen molar-refractivity contribution in [1.82, 2.24) is 23.3 Å². The van der Waals surface area contributed by atoms with Gasteiger partial charge in [-0.05, 0) is 158 Å². The summed E-state index contributed by atoms with van der Waals surface area (Å²) in [6, 6.07) is 93.7. The van der Waals surface area contributed by atoms with E-state index in [9.17, 15) is 0 Å². The molecule has 0 saturated carbocycles. The zero-order chi connectivity index (χ0) is 65.8. The largest absolute Gasteiger partial charge is 0.510 e. The van der Waals surface area contributed by atoms with Crippen LogP contribution in [0.25, 0.3) is 150 Å². The molecule has 0 aliphatic carbocycles. The third kappa shape index (κ3) is 8.45. The Bertz CT molecular complexity index is 6020. The molecule has 442 valence electrons. The summed E-state index contributed by atoms with van der Waals surface area (Å²) in [6.45, 7) is 1.23. The molecule has 0 saturated heterocycles. The van der Waals surface area contributed by atoms with Gasteiger partial charge in [0.15, 0.2) is 0 Å². The third-order valence-electron chi connectivity index (χ3n) is 18.4. The molecule has 0 atom stereocenters. The summed E-state index contributed by atoms with van der Waals surface area (Å²) < 4.78 is 72.3. The summed E-state index contributed by atoms with van der Waals surface area (Å²) >= 11 is 0. The molecule has 0 amide bonds. The zero-order valence-corrected chi connectivity index (χ0v) is 52.5. The van der Waals surface area contributed by atoms with E-state index in [-0.39, 0.29) is 43.2 Å². The van der Waals surface area contributed by atoms with E-state index in [0.717, 1.165) is 121 Å². The molecule has 92 heavy (non-hydrogen) atoms. The Kier molecular flexibility index (Phi) is 11.3. The minimum Gasteiger partial charge on any atom is -0.510 e. The van der Waals surface area contributed by atoms with Gasteiger partial charge in [-0.2, -0.15) is 18.2 Å². The number of hydrogen-bond donors (Lipinski definition) is 0. The standard InChI is InChI=1S/C84H58N6O.Pt/c1-52-22-20-23-53(2)81(52)54-44-70-62-28-8-6-26-60(62)61-27-7-9-29-63(61)71-48-57(88-72-35-15-10-30-64(72)65-31-11-16-36-73(65)88)49-78-82(71)87(83(70)79(45-54)89-74-37-17-12-32-66(74)67-33-13-18-38-75(67)89)51-86(78)56-24-21-25-58(47-56)91-59-40-41-69-68-34-14-19-39-76(68)90(77(69)50-59)80-46-55(42-43-85-80)84(3,4)5;/h6-46,48-49H,1-5H3;/q-2;/i1D3,2D3;. The van der Waals surface area contributed by atoms with E-state index in [1.165, 1.54) is 12.1 Å². The van der Waals surface area contributed by atoms with Gasteiger partial charge in [-0.15, -0.1) is 29.7 Å². The molecule has 12 aromatic carbocycles. The van der Waals surface area contributed by atoms with Crippen LogP contribution in [0.4, 0.5) is 0 Å². The van der Waals surface area contributed by atoms with Gasteiger partial charge < -0.3 is 23.0 Å². The van der Waals surface area contributed by atoms with Gasteiger partial charge in [-0.3, -0.25) is 4.57 Å². The fraction of sp³-hybridized carbons (Fsp3) is 0.0714. The fourth-order valence-corrected chi connectivity index (χ4v) is 14.3. The minimum absolute atomic E-state index is 0. The van der Waals surface area contributed by atoms with Crippen molar-refractivity contribution >= 4 is 76.5 Å². The first-order valence-electron chi connectivity index (χ1n) is 33.7. The maximum Gasteiger partial charge on any atom is 0.268 e. The molecule has 0 fully saturated rings. The quantitative estimate of drug-likeness (QED) is 0.118. The normalized spacial score (nSPS) is 13.3. The van der Waals surface area contributed by atoms with Crippen molar-refractivity contribution in [2.24, 2.45) is 0 Å². The molecule has 0 unspecified atom stereocenters. The molecule has 0 bridgehead atoms. The van der Waals surface area contributed by atoms with Crippen LogP contribution in [0.2, 0.25) is 0 Å². The van der Waals surface area contributed by atoms with Crippen LogP contribution in [0.15, 0.2) is 261 Å². The van der Waals surface area contributed by atoms with Gasteiger partial charge in [0.25, 0.3) is 6.33 Å². The second-order valence-corrected chi connectivity index (χ2v) is 24.7.